The molecule has 7 nitrogen and oxygen atoms in total. The molecule has 8 heteroatoms. The van der Waals surface area contributed by atoms with Gasteiger partial charge in [-0.15, -0.1) is 0 Å². The van der Waals surface area contributed by atoms with Gasteiger partial charge in [-0.1, -0.05) is 24.3 Å². The second kappa shape index (κ2) is 8.72. The molecule has 2 aromatic heterocycles. The number of benzene rings is 2. The number of anilines is 1. The van der Waals surface area contributed by atoms with E-state index in [-0.39, 0.29) is 17.8 Å². The van der Waals surface area contributed by atoms with Gasteiger partial charge in [0.15, 0.2) is 5.11 Å². The van der Waals surface area contributed by atoms with E-state index in [0.717, 1.165) is 22.5 Å². The Morgan fingerprint density at radius 2 is 1.82 bits per heavy atom. The van der Waals surface area contributed by atoms with E-state index >= 15 is 0 Å². The first-order chi connectivity index (χ1) is 16.4. The van der Waals surface area contributed by atoms with Crippen LogP contribution in [0.2, 0.25) is 0 Å². The minimum absolute atomic E-state index is 0.0161. The fourth-order valence-electron chi connectivity index (χ4n) is 4.45. The number of aromatic nitrogens is 1. The van der Waals surface area contributed by atoms with Gasteiger partial charge in [-0.3, -0.25) is 15.1 Å². The van der Waals surface area contributed by atoms with Gasteiger partial charge in [0, 0.05) is 29.6 Å². The Bertz CT molecular complexity index is 1370. The fraction of sp³-hybridized carbons (Fsp3) is 0.154. The molecule has 1 fully saturated rings. The summed E-state index contributed by atoms with van der Waals surface area (Å²) in [6.45, 7) is 4.11. The van der Waals surface area contributed by atoms with Gasteiger partial charge in [0.05, 0.1) is 16.7 Å². The number of nitro benzene ring substituents is 1. The molecule has 1 aliphatic rings. The van der Waals surface area contributed by atoms with Crippen LogP contribution in [0.3, 0.4) is 0 Å². The van der Waals surface area contributed by atoms with Gasteiger partial charge in [0.2, 0.25) is 0 Å². The van der Waals surface area contributed by atoms with E-state index in [1.807, 2.05) is 30.3 Å². The lowest BCUT2D eigenvalue weighted by molar-refractivity contribution is -0.384. The van der Waals surface area contributed by atoms with Crippen LogP contribution in [-0.2, 0) is 0 Å². The molecule has 0 saturated carbocycles. The number of hydrogen-bond acceptors (Lipinski definition) is 5. The van der Waals surface area contributed by atoms with Crippen molar-refractivity contribution in [1.82, 2.24) is 10.3 Å². The number of pyridine rings is 1. The number of nitrogens with zero attached hydrogens (tertiary/aromatic N) is 3. The summed E-state index contributed by atoms with van der Waals surface area (Å²) in [6.07, 6.45) is 1.76. The summed E-state index contributed by atoms with van der Waals surface area (Å²) in [5.74, 6) is 1.24. The molecular formula is C26H22N4O3S. The number of hydrogen-bond donors (Lipinski definition) is 1. The van der Waals surface area contributed by atoms with Crippen LogP contribution in [0, 0.1) is 24.0 Å². The Hall–Kier alpha value is -4.04. The number of thiocarbonyl (C=S) groups is 1. The first kappa shape index (κ1) is 21.8. The SMILES string of the molecule is Cc1cc(C)cc(N2C(=S)N[C@H](c3ccccn3)[C@H]2c2ccc(-c3cccc([N+](=O)[O-])c3)o2)c1. The van der Waals surface area contributed by atoms with Crippen LogP contribution >= 0.6 is 12.2 Å². The van der Waals surface area contributed by atoms with Gasteiger partial charge in [-0.05, 0) is 73.6 Å². The highest BCUT2D eigenvalue weighted by Gasteiger charge is 2.42. The second-order valence-electron chi connectivity index (χ2n) is 8.35. The van der Waals surface area contributed by atoms with Crippen molar-refractivity contribution >= 4 is 28.7 Å². The lowest BCUT2D eigenvalue weighted by Crippen LogP contribution is -2.29. The molecule has 4 aromatic rings. The predicted molar refractivity (Wildman–Crippen MR) is 135 cm³/mol. The minimum Gasteiger partial charge on any atom is -0.459 e. The zero-order chi connectivity index (χ0) is 23.8. The molecule has 1 N–H and O–H groups in total. The Morgan fingerprint density at radius 1 is 1.03 bits per heavy atom. The average molecular weight is 471 g/mol. The molecule has 1 saturated heterocycles. The second-order valence-corrected chi connectivity index (χ2v) is 8.74. The van der Waals surface area contributed by atoms with Crippen molar-refractivity contribution in [3.8, 4) is 11.3 Å². The monoisotopic (exact) mass is 470 g/mol. The van der Waals surface area contributed by atoms with Crippen LogP contribution in [0.1, 0.15) is 34.7 Å². The maximum absolute atomic E-state index is 11.2. The van der Waals surface area contributed by atoms with Gasteiger partial charge in [0.1, 0.15) is 17.6 Å². The van der Waals surface area contributed by atoms with Gasteiger partial charge in [0.25, 0.3) is 5.69 Å². The summed E-state index contributed by atoms with van der Waals surface area (Å²) < 4.78 is 6.31. The number of aryl methyl sites for hydroxylation is 2. The number of nitrogens with one attached hydrogen (secondary N) is 1. The van der Waals surface area contributed by atoms with Crippen LogP contribution in [0.25, 0.3) is 11.3 Å². The highest BCUT2D eigenvalue weighted by Crippen LogP contribution is 2.43. The minimum atomic E-state index is -0.411. The molecule has 0 unspecified atom stereocenters. The van der Waals surface area contributed by atoms with Gasteiger partial charge < -0.3 is 14.6 Å². The largest absolute Gasteiger partial charge is 0.459 e. The van der Waals surface area contributed by atoms with E-state index in [0.29, 0.717) is 22.2 Å². The van der Waals surface area contributed by atoms with Crippen LogP contribution in [-0.4, -0.2) is 15.0 Å². The van der Waals surface area contributed by atoms with E-state index < -0.39 is 4.92 Å². The van der Waals surface area contributed by atoms with Crippen LogP contribution < -0.4 is 10.2 Å². The molecule has 2 aromatic carbocycles. The molecule has 170 valence electrons. The molecule has 0 aliphatic carbocycles. The molecule has 2 atom stereocenters. The van der Waals surface area contributed by atoms with Crippen molar-refractivity contribution in [1.29, 1.82) is 0 Å². The molecule has 0 radical (unpaired) electrons. The third-order valence-corrected chi connectivity index (χ3v) is 6.16. The average Bonchev–Trinajstić information content (AvgIpc) is 3.43. The maximum Gasteiger partial charge on any atom is 0.270 e. The van der Waals surface area contributed by atoms with Crippen molar-refractivity contribution in [3.05, 3.63) is 112 Å². The standard InChI is InChI=1S/C26H22N4O3S/c1-16-12-17(2)14-20(13-16)29-25(24(28-26(29)34)21-8-3-4-11-27-21)23-10-9-22(33-23)18-6-5-7-19(15-18)30(31)32/h3-15,24-25H,1-2H3,(H,28,34)/t24-,25-/m1/s1. The Balaban J connectivity index is 1.61. The topological polar surface area (TPSA) is 84.4 Å². The van der Waals surface area contributed by atoms with Crippen molar-refractivity contribution in [2.45, 2.75) is 25.9 Å². The number of non-ortho nitro benzene ring substituents is 1. The smallest absolute Gasteiger partial charge is 0.270 e. The molecule has 34 heavy (non-hydrogen) atoms. The summed E-state index contributed by atoms with van der Waals surface area (Å²) >= 11 is 5.78. The van der Waals surface area contributed by atoms with Crippen molar-refractivity contribution < 1.29 is 9.34 Å². The Labute approximate surface area is 202 Å². The van der Waals surface area contributed by atoms with Crippen LogP contribution in [0.5, 0.6) is 0 Å². The molecule has 0 bridgehead atoms. The van der Waals surface area contributed by atoms with Crippen molar-refractivity contribution in [2.24, 2.45) is 0 Å². The summed E-state index contributed by atoms with van der Waals surface area (Å²) in [4.78, 5) is 17.4. The molecular weight excluding hydrogens is 448 g/mol. The van der Waals surface area contributed by atoms with Crippen LogP contribution in [0.4, 0.5) is 11.4 Å². The van der Waals surface area contributed by atoms with E-state index in [2.05, 4.69) is 47.2 Å². The number of furan rings is 1. The zero-order valence-electron chi connectivity index (χ0n) is 18.6. The summed E-state index contributed by atoms with van der Waals surface area (Å²) in [7, 11) is 0. The lowest BCUT2D eigenvalue weighted by atomic mass is 10.0. The first-order valence-electron chi connectivity index (χ1n) is 10.8. The normalized spacial score (nSPS) is 17.6. The molecule has 1 aliphatic heterocycles. The lowest BCUT2D eigenvalue weighted by Gasteiger charge is -2.26. The third kappa shape index (κ3) is 4.04. The van der Waals surface area contributed by atoms with E-state index in [1.54, 1.807) is 18.3 Å². The fourth-order valence-corrected chi connectivity index (χ4v) is 4.80. The molecule has 5 rings (SSSR count). The zero-order valence-corrected chi connectivity index (χ0v) is 19.5. The third-order valence-electron chi connectivity index (χ3n) is 5.84. The summed E-state index contributed by atoms with van der Waals surface area (Å²) in [6, 6.07) is 21.7. The molecule has 0 spiro atoms. The van der Waals surface area contributed by atoms with E-state index in [9.17, 15) is 10.1 Å². The maximum atomic E-state index is 11.2. The van der Waals surface area contributed by atoms with E-state index in [1.165, 1.54) is 12.1 Å². The van der Waals surface area contributed by atoms with Crippen LogP contribution in [0.15, 0.2) is 83.4 Å². The molecule has 3 heterocycles. The Kier molecular flexibility index (Phi) is 5.59. The van der Waals surface area contributed by atoms with Gasteiger partial charge in [-0.2, -0.15) is 0 Å². The highest BCUT2D eigenvalue weighted by molar-refractivity contribution is 7.80. The van der Waals surface area contributed by atoms with Gasteiger partial charge >= 0.3 is 0 Å². The Morgan fingerprint density at radius 3 is 2.53 bits per heavy atom. The number of nitro groups is 1. The van der Waals surface area contributed by atoms with E-state index in [4.69, 9.17) is 16.6 Å². The summed E-state index contributed by atoms with van der Waals surface area (Å²) in [5.41, 5.74) is 4.73. The highest BCUT2D eigenvalue weighted by atomic mass is 32.1. The quantitative estimate of drug-likeness (QED) is 0.216. The number of rotatable bonds is 5. The predicted octanol–water partition coefficient (Wildman–Crippen LogP) is 6.04. The molecule has 0 amide bonds. The first-order valence-corrected chi connectivity index (χ1v) is 11.2. The van der Waals surface area contributed by atoms with Crippen molar-refractivity contribution in [2.75, 3.05) is 4.90 Å². The van der Waals surface area contributed by atoms with Gasteiger partial charge in [-0.25, -0.2) is 0 Å². The summed E-state index contributed by atoms with van der Waals surface area (Å²) in [5, 5.41) is 15.2. The van der Waals surface area contributed by atoms with Crippen molar-refractivity contribution in [3.63, 3.8) is 0 Å².